The van der Waals surface area contributed by atoms with Crippen molar-refractivity contribution in [2.24, 2.45) is 0 Å². The summed E-state index contributed by atoms with van der Waals surface area (Å²) < 4.78 is 11.4. The van der Waals surface area contributed by atoms with Crippen molar-refractivity contribution in [3.05, 3.63) is 99.1 Å². The van der Waals surface area contributed by atoms with Gasteiger partial charge in [0.25, 0.3) is 0 Å². The minimum Gasteiger partial charge on any atom is -0.482 e. The molecule has 0 bridgehead atoms. The average Bonchev–Trinajstić information content (AvgIpc) is 2.82. The van der Waals surface area contributed by atoms with Gasteiger partial charge in [-0.3, -0.25) is 14.5 Å². The molecule has 0 unspecified atom stereocenters. The molecule has 4 rings (SSSR count). The maximum atomic E-state index is 12.6. The first kappa shape index (κ1) is 23.8. The van der Waals surface area contributed by atoms with Crippen molar-refractivity contribution in [2.75, 3.05) is 26.2 Å². The van der Waals surface area contributed by atoms with E-state index < -0.39 is 0 Å². The van der Waals surface area contributed by atoms with E-state index in [0.717, 1.165) is 25.1 Å². The fourth-order valence-corrected chi connectivity index (χ4v) is 4.37. The van der Waals surface area contributed by atoms with E-state index >= 15 is 0 Å². The zero-order valence-electron chi connectivity index (χ0n) is 20.0. The largest absolute Gasteiger partial charge is 0.482 e. The fraction of sp³-hybridized carbons (Fsp3) is 0.357. The van der Waals surface area contributed by atoms with Gasteiger partial charge in [-0.1, -0.05) is 59.7 Å². The van der Waals surface area contributed by atoms with Gasteiger partial charge in [-0.15, -0.1) is 0 Å². The second-order valence-electron chi connectivity index (χ2n) is 9.00. The summed E-state index contributed by atoms with van der Waals surface area (Å²) >= 11 is 0. The van der Waals surface area contributed by atoms with Crippen LogP contribution in [0, 0.1) is 13.8 Å². The maximum Gasteiger partial charge on any atom is 0.227 e. The smallest absolute Gasteiger partial charge is 0.227 e. The number of hydrogen-bond donors (Lipinski definition) is 0. The summed E-state index contributed by atoms with van der Waals surface area (Å²) in [6.45, 7) is 7.84. The summed E-state index contributed by atoms with van der Waals surface area (Å²) in [5, 5.41) is 0. The quantitative estimate of drug-likeness (QED) is 0.506. The topological polar surface area (TPSA) is 63.0 Å². The van der Waals surface area contributed by atoms with Gasteiger partial charge < -0.3 is 14.1 Å². The minimum absolute atomic E-state index is 0.180. The summed E-state index contributed by atoms with van der Waals surface area (Å²) in [6, 6.07) is 17.8. The van der Waals surface area contributed by atoms with Crippen molar-refractivity contribution < 1.29 is 13.9 Å². The predicted molar refractivity (Wildman–Crippen MR) is 132 cm³/mol. The van der Waals surface area contributed by atoms with Crippen LogP contribution in [0.5, 0.6) is 5.75 Å². The van der Waals surface area contributed by atoms with Crippen LogP contribution in [-0.4, -0.2) is 41.9 Å². The Morgan fingerprint density at radius 3 is 2.32 bits per heavy atom. The Hall–Kier alpha value is -3.38. The minimum atomic E-state index is -0.180. The maximum absolute atomic E-state index is 12.6. The number of carbonyl (C=O) groups excluding carboxylic acids is 1. The third kappa shape index (κ3) is 6.58. The molecule has 2 heterocycles. The van der Waals surface area contributed by atoms with E-state index in [4.69, 9.17) is 9.15 Å². The van der Waals surface area contributed by atoms with Gasteiger partial charge in [-0.25, -0.2) is 0 Å². The van der Waals surface area contributed by atoms with E-state index in [2.05, 4.69) is 35.2 Å². The van der Waals surface area contributed by atoms with Crippen molar-refractivity contribution in [2.45, 2.75) is 39.8 Å². The molecule has 6 nitrogen and oxygen atoms in total. The van der Waals surface area contributed by atoms with Gasteiger partial charge in [0.2, 0.25) is 17.1 Å². The van der Waals surface area contributed by atoms with Crippen molar-refractivity contribution >= 4 is 5.91 Å². The average molecular weight is 461 g/mol. The van der Waals surface area contributed by atoms with E-state index in [1.807, 2.05) is 36.9 Å². The molecule has 6 heteroatoms. The van der Waals surface area contributed by atoms with E-state index in [9.17, 15) is 9.59 Å². The summed E-state index contributed by atoms with van der Waals surface area (Å²) in [7, 11) is 0. The lowest BCUT2D eigenvalue weighted by molar-refractivity contribution is -0.133. The zero-order valence-corrected chi connectivity index (χ0v) is 20.0. The lowest BCUT2D eigenvalue weighted by Crippen LogP contribution is -2.48. The summed E-state index contributed by atoms with van der Waals surface area (Å²) in [6.07, 6.45) is 2.70. The Labute approximate surface area is 200 Å². The molecule has 1 aliphatic rings. The van der Waals surface area contributed by atoms with Crippen molar-refractivity contribution in [1.82, 2.24) is 9.80 Å². The Balaban J connectivity index is 1.24. The number of ether oxygens (including phenoxy) is 1. The van der Waals surface area contributed by atoms with Gasteiger partial charge in [-0.05, 0) is 31.4 Å². The van der Waals surface area contributed by atoms with Crippen LogP contribution in [0.4, 0.5) is 0 Å². The first-order valence-electron chi connectivity index (χ1n) is 11.8. The third-order valence-electron chi connectivity index (χ3n) is 6.10. The normalized spacial score (nSPS) is 14.2. The van der Waals surface area contributed by atoms with Crippen LogP contribution in [0.25, 0.3) is 0 Å². The number of nitrogens with zero attached hydrogens (tertiary/aromatic N) is 2. The van der Waals surface area contributed by atoms with Crippen LogP contribution in [0.15, 0.2) is 70.1 Å². The molecule has 0 aliphatic carbocycles. The number of benzene rings is 2. The summed E-state index contributed by atoms with van der Waals surface area (Å²) in [4.78, 5) is 29.2. The number of aryl methyl sites for hydroxylation is 3. The molecule has 34 heavy (non-hydrogen) atoms. The lowest BCUT2D eigenvalue weighted by Gasteiger charge is -2.34. The zero-order chi connectivity index (χ0) is 23.9. The highest BCUT2D eigenvalue weighted by molar-refractivity contribution is 5.76. The monoisotopic (exact) mass is 460 g/mol. The molecule has 0 atom stereocenters. The highest BCUT2D eigenvalue weighted by atomic mass is 16.5. The Morgan fingerprint density at radius 2 is 1.65 bits per heavy atom. The van der Waals surface area contributed by atoms with Crippen LogP contribution < -0.4 is 10.2 Å². The Bertz CT molecular complexity index is 1140. The van der Waals surface area contributed by atoms with E-state index in [1.54, 1.807) is 0 Å². The standard InChI is InChI=1S/C28H32N2O4/c1-21-14-22(2)16-24(15-21)19-34-27-20-33-25(17-26(27)31)18-29-10-12-30(13-11-29)28(32)9-8-23-6-4-3-5-7-23/h3-7,14-17,20H,8-13,18-19H2,1-2H3. The van der Waals surface area contributed by atoms with E-state index in [1.165, 1.54) is 29.0 Å². The SMILES string of the molecule is Cc1cc(C)cc(COc2coc(CN3CCN(C(=O)CCc4ccccc4)CC3)cc2=O)c1. The summed E-state index contributed by atoms with van der Waals surface area (Å²) in [5.41, 5.74) is 4.36. The number of amides is 1. The molecule has 1 aromatic heterocycles. The second-order valence-corrected chi connectivity index (χ2v) is 9.00. The Kier molecular flexibility index (Phi) is 7.80. The molecule has 0 spiro atoms. The fourth-order valence-electron chi connectivity index (χ4n) is 4.37. The predicted octanol–water partition coefficient (Wildman–Crippen LogP) is 4.11. The van der Waals surface area contributed by atoms with Gasteiger partial charge in [0.05, 0.1) is 6.54 Å². The molecule has 0 radical (unpaired) electrons. The van der Waals surface area contributed by atoms with Crippen LogP contribution in [0.1, 0.15) is 34.4 Å². The van der Waals surface area contributed by atoms with Gasteiger partial charge in [-0.2, -0.15) is 0 Å². The van der Waals surface area contributed by atoms with Gasteiger partial charge in [0.1, 0.15) is 18.6 Å². The first-order chi connectivity index (χ1) is 16.5. The van der Waals surface area contributed by atoms with Crippen LogP contribution in [0.3, 0.4) is 0 Å². The van der Waals surface area contributed by atoms with Gasteiger partial charge >= 0.3 is 0 Å². The number of hydrogen-bond acceptors (Lipinski definition) is 5. The molecule has 3 aromatic rings. The van der Waals surface area contributed by atoms with Crippen molar-refractivity contribution in [3.8, 4) is 5.75 Å². The van der Waals surface area contributed by atoms with Crippen LogP contribution >= 0.6 is 0 Å². The molecule has 0 saturated carbocycles. The van der Waals surface area contributed by atoms with Crippen LogP contribution in [0.2, 0.25) is 0 Å². The van der Waals surface area contributed by atoms with E-state index in [0.29, 0.717) is 38.4 Å². The number of piperazine rings is 1. The second kappa shape index (κ2) is 11.2. The molecule has 1 fully saturated rings. The highest BCUT2D eigenvalue weighted by Crippen LogP contribution is 2.15. The Morgan fingerprint density at radius 1 is 0.941 bits per heavy atom. The van der Waals surface area contributed by atoms with E-state index in [-0.39, 0.29) is 17.1 Å². The molecular weight excluding hydrogens is 428 g/mol. The van der Waals surface area contributed by atoms with Crippen molar-refractivity contribution in [1.29, 1.82) is 0 Å². The molecule has 178 valence electrons. The van der Waals surface area contributed by atoms with Crippen molar-refractivity contribution in [3.63, 3.8) is 0 Å². The first-order valence-corrected chi connectivity index (χ1v) is 11.8. The van der Waals surface area contributed by atoms with Crippen LogP contribution in [-0.2, 0) is 24.4 Å². The van der Waals surface area contributed by atoms with Gasteiger partial charge in [0, 0.05) is 38.7 Å². The molecule has 1 amide bonds. The third-order valence-corrected chi connectivity index (χ3v) is 6.10. The lowest BCUT2D eigenvalue weighted by atomic mass is 10.1. The number of carbonyl (C=O) groups is 1. The molecule has 2 aromatic carbocycles. The number of rotatable bonds is 8. The summed E-state index contributed by atoms with van der Waals surface area (Å²) in [5.74, 6) is 1.02. The van der Waals surface area contributed by atoms with Gasteiger partial charge in [0.15, 0.2) is 0 Å². The molecular formula is C28H32N2O4. The molecule has 0 N–H and O–H groups in total. The highest BCUT2D eigenvalue weighted by Gasteiger charge is 2.21. The molecule has 1 saturated heterocycles. The molecule has 1 aliphatic heterocycles.